The van der Waals surface area contributed by atoms with Crippen LogP contribution in [0.25, 0.3) is 0 Å². The normalized spacial score (nSPS) is 10.4. The van der Waals surface area contributed by atoms with Gasteiger partial charge in [-0.15, -0.1) is 0 Å². The van der Waals surface area contributed by atoms with Crippen LogP contribution in [0, 0.1) is 11.6 Å². The van der Waals surface area contributed by atoms with Gasteiger partial charge in [0.25, 0.3) is 5.91 Å². The van der Waals surface area contributed by atoms with Gasteiger partial charge in [-0.3, -0.25) is 9.48 Å². The van der Waals surface area contributed by atoms with Gasteiger partial charge in [0, 0.05) is 23.8 Å². The molecule has 94 valence electrons. The Morgan fingerprint density at radius 2 is 2.00 bits per heavy atom. The van der Waals surface area contributed by atoms with Gasteiger partial charge < -0.3 is 5.32 Å². The number of carbonyl (C=O) groups excluding carboxylic acids is 1. The molecule has 18 heavy (non-hydrogen) atoms. The van der Waals surface area contributed by atoms with Crippen LogP contribution in [0.15, 0.2) is 28.9 Å². The van der Waals surface area contributed by atoms with Crippen molar-refractivity contribution in [3.8, 4) is 0 Å². The zero-order chi connectivity index (χ0) is 13.3. The largest absolute Gasteiger partial charge is 0.305 e. The first-order chi connectivity index (χ1) is 8.47. The summed E-state index contributed by atoms with van der Waals surface area (Å²) in [5.74, 6) is -2.52. The molecule has 0 unspecified atom stereocenters. The molecule has 0 atom stereocenters. The zero-order valence-electron chi connectivity index (χ0n) is 9.25. The molecule has 0 saturated carbocycles. The highest BCUT2D eigenvalue weighted by molar-refractivity contribution is 9.10. The second-order valence-corrected chi connectivity index (χ2v) is 4.49. The number of benzene rings is 1. The lowest BCUT2D eigenvalue weighted by molar-refractivity contribution is 0.101. The van der Waals surface area contributed by atoms with E-state index in [0.29, 0.717) is 0 Å². The molecule has 0 fully saturated rings. The number of amides is 1. The first kappa shape index (κ1) is 12.7. The van der Waals surface area contributed by atoms with Gasteiger partial charge in [-0.2, -0.15) is 5.10 Å². The molecule has 1 aromatic heterocycles. The van der Waals surface area contributed by atoms with E-state index in [1.54, 1.807) is 13.2 Å². The van der Waals surface area contributed by atoms with Crippen LogP contribution in [0.3, 0.4) is 0 Å². The van der Waals surface area contributed by atoms with Crippen molar-refractivity contribution < 1.29 is 13.6 Å². The smallest absolute Gasteiger partial charge is 0.262 e. The van der Waals surface area contributed by atoms with Gasteiger partial charge in [-0.05, 0) is 12.1 Å². The summed E-state index contributed by atoms with van der Waals surface area (Å²) in [7, 11) is 1.66. The first-order valence-corrected chi connectivity index (χ1v) is 5.72. The maximum atomic E-state index is 13.5. The first-order valence-electron chi connectivity index (χ1n) is 4.93. The number of aromatic nitrogens is 2. The molecule has 1 N–H and O–H groups in total. The van der Waals surface area contributed by atoms with Crippen LogP contribution < -0.4 is 5.32 Å². The maximum Gasteiger partial charge on any atom is 0.262 e. The molecule has 0 saturated heterocycles. The minimum Gasteiger partial charge on any atom is -0.305 e. The predicted octanol–water partition coefficient (Wildman–Crippen LogP) is 2.71. The van der Waals surface area contributed by atoms with Crippen LogP contribution >= 0.6 is 15.9 Å². The molecule has 4 nitrogen and oxygen atoms in total. The van der Waals surface area contributed by atoms with Gasteiger partial charge in [0.1, 0.15) is 17.2 Å². The number of nitrogens with zero attached hydrogens (tertiary/aromatic N) is 2. The summed E-state index contributed by atoms with van der Waals surface area (Å²) in [6.45, 7) is 0. The van der Waals surface area contributed by atoms with Gasteiger partial charge >= 0.3 is 0 Å². The van der Waals surface area contributed by atoms with Gasteiger partial charge in [-0.25, -0.2) is 8.78 Å². The molecule has 1 amide bonds. The molecule has 0 aliphatic carbocycles. The van der Waals surface area contributed by atoms with E-state index < -0.39 is 23.1 Å². The van der Waals surface area contributed by atoms with Crippen LogP contribution in [0.2, 0.25) is 0 Å². The molecule has 1 heterocycles. The standard InChI is InChI=1S/C11H8BrF2N3O/c1-17-3-2-9(16-17)15-11(18)10-7(13)4-6(12)5-8(10)14/h2-5H,1H3,(H,15,16,18). The third-order valence-electron chi connectivity index (χ3n) is 2.19. The molecule has 0 radical (unpaired) electrons. The summed E-state index contributed by atoms with van der Waals surface area (Å²) in [6, 6.07) is 3.57. The van der Waals surface area contributed by atoms with Gasteiger partial charge in [0.15, 0.2) is 5.82 Å². The lowest BCUT2D eigenvalue weighted by Crippen LogP contribution is -2.16. The highest BCUT2D eigenvalue weighted by atomic mass is 79.9. The maximum absolute atomic E-state index is 13.5. The number of halogens is 3. The van der Waals surface area contributed by atoms with Crippen molar-refractivity contribution >= 4 is 27.7 Å². The van der Waals surface area contributed by atoms with Crippen molar-refractivity contribution in [2.45, 2.75) is 0 Å². The number of rotatable bonds is 2. The van der Waals surface area contributed by atoms with E-state index in [1.165, 1.54) is 10.7 Å². The summed E-state index contributed by atoms with van der Waals surface area (Å²) < 4.78 is 28.7. The second kappa shape index (κ2) is 4.85. The number of hydrogen-bond donors (Lipinski definition) is 1. The Morgan fingerprint density at radius 3 is 2.50 bits per heavy atom. The number of carbonyl (C=O) groups is 1. The number of aryl methyl sites for hydroxylation is 1. The quantitative estimate of drug-likeness (QED) is 0.926. The van der Waals surface area contributed by atoms with E-state index in [1.807, 2.05) is 0 Å². The van der Waals surface area contributed by atoms with Crippen molar-refractivity contribution in [3.63, 3.8) is 0 Å². The van der Waals surface area contributed by atoms with E-state index in [-0.39, 0.29) is 10.3 Å². The van der Waals surface area contributed by atoms with Gasteiger partial charge in [-0.1, -0.05) is 15.9 Å². The SMILES string of the molecule is Cn1ccc(NC(=O)c2c(F)cc(Br)cc2F)n1. The Bertz CT molecular complexity index is 589. The third-order valence-corrected chi connectivity index (χ3v) is 2.65. The lowest BCUT2D eigenvalue weighted by atomic mass is 10.2. The van der Waals surface area contributed by atoms with Crippen LogP contribution in [-0.4, -0.2) is 15.7 Å². The average molecular weight is 316 g/mol. The van der Waals surface area contributed by atoms with Crippen LogP contribution in [0.5, 0.6) is 0 Å². The molecule has 2 aromatic rings. The molecule has 0 aliphatic rings. The fraction of sp³-hybridized carbons (Fsp3) is 0.0909. The number of hydrogen-bond acceptors (Lipinski definition) is 2. The van der Waals surface area contributed by atoms with E-state index >= 15 is 0 Å². The average Bonchev–Trinajstić information content (AvgIpc) is 2.62. The van der Waals surface area contributed by atoms with Crippen molar-refractivity contribution in [1.29, 1.82) is 0 Å². The number of nitrogens with one attached hydrogen (secondary N) is 1. The molecular formula is C11H8BrF2N3O. The lowest BCUT2D eigenvalue weighted by Gasteiger charge is -2.05. The fourth-order valence-electron chi connectivity index (χ4n) is 1.42. The second-order valence-electron chi connectivity index (χ2n) is 3.57. The van der Waals surface area contributed by atoms with Crippen molar-refractivity contribution in [1.82, 2.24) is 9.78 Å². The molecule has 7 heteroatoms. The Morgan fingerprint density at radius 1 is 1.39 bits per heavy atom. The minimum absolute atomic E-state index is 0.226. The Labute approximate surface area is 110 Å². The van der Waals surface area contributed by atoms with Crippen LogP contribution in [-0.2, 0) is 7.05 Å². The van der Waals surface area contributed by atoms with E-state index in [4.69, 9.17) is 0 Å². The van der Waals surface area contributed by atoms with Gasteiger partial charge in [0.05, 0.1) is 0 Å². The highest BCUT2D eigenvalue weighted by Gasteiger charge is 2.19. The zero-order valence-corrected chi connectivity index (χ0v) is 10.8. The Balaban J connectivity index is 2.29. The van der Waals surface area contributed by atoms with Crippen molar-refractivity contribution in [3.05, 3.63) is 46.1 Å². The summed E-state index contributed by atoms with van der Waals surface area (Å²) >= 11 is 2.94. The van der Waals surface area contributed by atoms with Crippen molar-refractivity contribution in [2.75, 3.05) is 5.32 Å². The monoisotopic (exact) mass is 315 g/mol. The fourth-order valence-corrected chi connectivity index (χ4v) is 1.82. The Hall–Kier alpha value is -1.76. The van der Waals surface area contributed by atoms with Crippen molar-refractivity contribution in [2.24, 2.45) is 7.05 Å². The minimum atomic E-state index is -0.935. The summed E-state index contributed by atoms with van der Waals surface area (Å²) in [6.07, 6.45) is 1.60. The summed E-state index contributed by atoms with van der Waals surface area (Å²) in [5.41, 5.74) is -0.635. The molecule has 0 spiro atoms. The topological polar surface area (TPSA) is 46.9 Å². The van der Waals surface area contributed by atoms with E-state index in [2.05, 4.69) is 26.3 Å². The van der Waals surface area contributed by atoms with E-state index in [9.17, 15) is 13.6 Å². The summed E-state index contributed by atoms with van der Waals surface area (Å²) in [5, 5.41) is 6.20. The van der Waals surface area contributed by atoms with E-state index in [0.717, 1.165) is 12.1 Å². The molecule has 1 aromatic carbocycles. The predicted molar refractivity (Wildman–Crippen MR) is 65.2 cm³/mol. The van der Waals surface area contributed by atoms with Gasteiger partial charge in [0.2, 0.25) is 0 Å². The third kappa shape index (κ3) is 2.56. The molecule has 2 rings (SSSR count). The summed E-state index contributed by atoms with van der Waals surface area (Å²) in [4.78, 5) is 11.7. The van der Waals surface area contributed by atoms with Crippen LogP contribution in [0.4, 0.5) is 14.6 Å². The highest BCUT2D eigenvalue weighted by Crippen LogP contribution is 2.20. The van der Waals surface area contributed by atoms with Crippen LogP contribution in [0.1, 0.15) is 10.4 Å². The molecule has 0 bridgehead atoms. The molecular weight excluding hydrogens is 308 g/mol. The number of anilines is 1. The molecule has 0 aliphatic heterocycles. The Kier molecular flexibility index (Phi) is 3.42.